The Hall–Kier alpha value is -1.38. The summed E-state index contributed by atoms with van der Waals surface area (Å²) in [6, 6.07) is 4.26. The molecule has 1 saturated carbocycles. The number of halogens is 1. The van der Waals surface area contributed by atoms with Crippen molar-refractivity contribution in [3.8, 4) is 5.75 Å². The van der Waals surface area contributed by atoms with E-state index in [2.05, 4.69) is 13.8 Å². The maximum Gasteiger partial charge on any atom is 0.170 e. The monoisotopic (exact) mass is 276 g/mol. The normalized spacial score (nSPS) is 29.4. The molecule has 0 amide bonds. The standard InChI is InChI=1S/C17H21FO2/c1-11(2)12-5-7-17(8-6-12)10-15(19)14-9-13(18)3-4-16(14)20-17/h3-4,9,11-12H,5-8,10H2,1-2H3. The Labute approximate surface area is 119 Å². The molecule has 1 aliphatic heterocycles. The SMILES string of the molecule is CC(C)C1CCC2(CC1)CC(=O)c1cc(F)ccc1O2. The van der Waals surface area contributed by atoms with Crippen molar-refractivity contribution in [2.24, 2.45) is 11.8 Å². The molecule has 0 bridgehead atoms. The number of Topliss-reactive ketones (excluding diaryl/α,β-unsaturated/α-hetero) is 1. The molecule has 2 aliphatic rings. The van der Waals surface area contributed by atoms with Crippen LogP contribution in [-0.4, -0.2) is 11.4 Å². The zero-order valence-corrected chi connectivity index (χ0v) is 12.1. The molecular weight excluding hydrogens is 255 g/mol. The van der Waals surface area contributed by atoms with Crippen molar-refractivity contribution in [3.05, 3.63) is 29.6 Å². The number of carbonyl (C=O) groups is 1. The topological polar surface area (TPSA) is 26.3 Å². The number of hydrogen-bond donors (Lipinski definition) is 0. The molecule has 2 nitrogen and oxygen atoms in total. The average molecular weight is 276 g/mol. The summed E-state index contributed by atoms with van der Waals surface area (Å²) in [5.74, 6) is 1.63. The Morgan fingerprint density at radius 2 is 2.00 bits per heavy atom. The third kappa shape index (κ3) is 2.34. The van der Waals surface area contributed by atoms with Crippen LogP contribution in [-0.2, 0) is 0 Å². The van der Waals surface area contributed by atoms with Crippen molar-refractivity contribution < 1.29 is 13.9 Å². The summed E-state index contributed by atoms with van der Waals surface area (Å²) < 4.78 is 19.4. The van der Waals surface area contributed by atoms with E-state index in [9.17, 15) is 9.18 Å². The molecule has 1 fully saturated rings. The van der Waals surface area contributed by atoms with Crippen molar-refractivity contribution in [2.75, 3.05) is 0 Å². The fraction of sp³-hybridized carbons (Fsp3) is 0.588. The fourth-order valence-electron chi connectivity index (χ4n) is 3.58. The first-order valence-corrected chi connectivity index (χ1v) is 7.51. The molecule has 3 rings (SSSR count). The zero-order valence-electron chi connectivity index (χ0n) is 12.1. The Balaban J connectivity index is 1.82. The number of hydrogen-bond acceptors (Lipinski definition) is 2. The Kier molecular flexibility index (Phi) is 3.31. The van der Waals surface area contributed by atoms with E-state index in [4.69, 9.17) is 4.74 Å². The second-order valence-electron chi connectivity index (χ2n) is 6.61. The number of ketones is 1. The van der Waals surface area contributed by atoms with E-state index in [0.29, 0.717) is 23.7 Å². The van der Waals surface area contributed by atoms with E-state index >= 15 is 0 Å². The van der Waals surface area contributed by atoms with E-state index in [0.717, 1.165) is 31.6 Å². The maximum absolute atomic E-state index is 13.2. The van der Waals surface area contributed by atoms with Crippen LogP contribution in [0.25, 0.3) is 0 Å². The predicted molar refractivity (Wildman–Crippen MR) is 75.5 cm³/mol. The number of fused-ring (bicyclic) bond motifs is 1. The van der Waals surface area contributed by atoms with Gasteiger partial charge in [-0.05, 0) is 55.7 Å². The van der Waals surface area contributed by atoms with Gasteiger partial charge in [-0.15, -0.1) is 0 Å². The van der Waals surface area contributed by atoms with Gasteiger partial charge in [0.05, 0.1) is 12.0 Å². The Bertz CT molecular complexity index is 528. The highest BCUT2D eigenvalue weighted by Gasteiger charge is 2.43. The van der Waals surface area contributed by atoms with Crippen molar-refractivity contribution in [2.45, 2.75) is 51.6 Å². The number of ether oxygens (including phenoxy) is 1. The van der Waals surface area contributed by atoms with Crippen LogP contribution >= 0.6 is 0 Å². The smallest absolute Gasteiger partial charge is 0.170 e. The second-order valence-corrected chi connectivity index (χ2v) is 6.61. The minimum atomic E-state index is -0.375. The predicted octanol–water partition coefficient (Wildman–Crippen LogP) is 4.38. The minimum absolute atomic E-state index is 0.0220. The van der Waals surface area contributed by atoms with E-state index in [1.165, 1.54) is 12.1 Å². The second kappa shape index (κ2) is 4.87. The molecule has 20 heavy (non-hydrogen) atoms. The Morgan fingerprint density at radius 3 is 2.65 bits per heavy atom. The maximum atomic E-state index is 13.2. The third-order valence-electron chi connectivity index (χ3n) is 4.94. The van der Waals surface area contributed by atoms with Crippen LogP contribution in [0, 0.1) is 17.7 Å². The van der Waals surface area contributed by atoms with Crippen LogP contribution in [0.1, 0.15) is 56.3 Å². The summed E-state index contributed by atoms with van der Waals surface area (Å²) in [5, 5.41) is 0. The molecule has 0 radical (unpaired) electrons. The number of carbonyl (C=O) groups excluding carboxylic acids is 1. The molecule has 1 aromatic carbocycles. The third-order valence-corrected chi connectivity index (χ3v) is 4.94. The van der Waals surface area contributed by atoms with Crippen molar-refractivity contribution in [1.82, 2.24) is 0 Å². The van der Waals surface area contributed by atoms with Crippen LogP contribution in [0.3, 0.4) is 0 Å². The summed E-state index contributed by atoms with van der Waals surface area (Å²) in [5.41, 5.74) is 0.0643. The van der Waals surface area contributed by atoms with E-state index in [-0.39, 0.29) is 17.2 Å². The van der Waals surface area contributed by atoms with E-state index < -0.39 is 0 Å². The lowest BCUT2D eigenvalue weighted by molar-refractivity contribution is -0.00329. The highest BCUT2D eigenvalue weighted by atomic mass is 19.1. The quantitative estimate of drug-likeness (QED) is 0.761. The van der Waals surface area contributed by atoms with E-state index in [1.807, 2.05) is 0 Å². The largest absolute Gasteiger partial charge is 0.486 e. The molecule has 1 aromatic rings. The summed E-state index contributed by atoms with van der Waals surface area (Å²) in [7, 11) is 0. The van der Waals surface area contributed by atoms with Gasteiger partial charge in [-0.25, -0.2) is 4.39 Å². The van der Waals surface area contributed by atoms with Gasteiger partial charge in [-0.1, -0.05) is 13.8 Å². The zero-order chi connectivity index (χ0) is 14.3. The van der Waals surface area contributed by atoms with E-state index in [1.54, 1.807) is 6.07 Å². The summed E-state index contributed by atoms with van der Waals surface area (Å²) >= 11 is 0. The fourth-order valence-corrected chi connectivity index (χ4v) is 3.58. The molecule has 1 spiro atoms. The van der Waals surface area contributed by atoms with Gasteiger partial charge < -0.3 is 4.74 Å². The highest BCUT2D eigenvalue weighted by Crippen LogP contribution is 2.44. The molecule has 1 aliphatic carbocycles. The van der Waals surface area contributed by atoms with Crippen LogP contribution < -0.4 is 4.74 Å². The van der Waals surface area contributed by atoms with Crippen molar-refractivity contribution in [3.63, 3.8) is 0 Å². The van der Waals surface area contributed by atoms with Crippen LogP contribution in [0.5, 0.6) is 5.75 Å². The Morgan fingerprint density at radius 1 is 1.30 bits per heavy atom. The highest BCUT2D eigenvalue weighted by molar-refractivity contribution is 6.00. The van der Waals surface area contributed by atoms with Crippen molar-refractivity contribution >= 4 is 5.78 Å². The molecule has 0 N–H and O–H groups in total. The van der Waals surface area contributed by atoms with Gasteiger partial charge in [0.1, 0.15) is 17.2 Å². The molecule has 0 atom stereocenters. The van der Waals surface area contributed by atoms with Gasteiger partial charge in [0.2, 0.25) is 0 Å². The molecule has 0 saturated heterocycles. The first kappa shape index (κ1) is 13.6. The summed E-state index contributed by atoms with van der Waals surface area (Å²) in [4.78, 5) is 12.3. The van der Waals surface area contributed by atoms with Gasteiger partial charge >= 0.3 is 0 Å². The lowest BCUT2D eigenvalue weighted by Crippen LogP contribution is -2.45. The first-order chi connectivity index (χ1) is 9.49. The van der Waals surface area contributed by atoms with Crippen molar-refractivity contribution in [1.29, 1.82) is 0 Å². The van der Waals surface area contributed by atoms with Gasteiger partial charge in [0.25, 0.3) is 0 Å². The summed E-state index contributed by atoms with van der Waals surface area (Å²) in [6.45, 7) is 4.52. The van der Waals surface area contributed by atoms with Crippen LogP contribution in [0.2, 0.25) is 0 Å². The first-order valence-electron chi connectivity index (χ1n) is 7.51. The number of benzene rings is 1. The molecule has 3 heteroatoms. The molecule has 1 heterocycles. The summed E-state index contributed by atoms with van der Waals surface area (Å²) in [6.07, 6.45) is 4.48. The molecule has 108 valence electrons. The van der Waals surface area contributed by atoms with Gasteiger partial charge in [-0.2, -0.15) is 0 Å². The van der Waals surface area contributed by atoms with Gasteiger partial charge in [-0.3, -0.25) is 4.79 Å². The minimum Gasteiger partial charge on any atom is -0.486 e. The van der Waals surface area contributed by atoms with Gasteiger partial charge in [0.15, 0.2) is 5.78 Å². The van der Waals surface area contributed by atoms with Crippen LogP contribution in [0.4, 0.5) is 4.39 Å². The number of rotatable bonds is 1. The molecular formula is C17H21FO2. The lowest BCUT2D eigenvalue weighted by atomic mass is 9.71. The lowest BCUT2D eigenvalue weighted by Gasteiger charge is -2.43. The molecule has 0 aromatic heterocycles. The molecule has 0 unspecified atom stereocenters. The van der Waals surface area contributed by atoms with Gasteiger partial charge in [0, 0.05) is 0 Å². The van der Waals surface area contributed by atoms with Crippen LogP contribution in [0.15, 0.2) is 18.2 Å². The average Bonchev–Trinajstić information content (AvgIpc) is 2.40.